The number of carbonyl (C=O) groups excluding carboxylic acids is 3. The van der Waals surface area contributed by atoms with Crippen molar-refractivity contribution >= 4 is 23.3 Å². The molecule has 1 amide bonds. The Morgan fingerprint density at radius 2 is 1.57 bits per heavy atom. The molecule has 0 aliphatic carbocycles. The summed E-state index contributed by atoms with van der Waals surface area (Å²) in [5.74, 6) is -2.84. The predicted octanol–water partition coefficient (Wildman–Crippen LogP) is 0.777. The Bertz CT molecular complexity index is 1030. The van der Waals surface area contributed by atoms with Gasteiger partial charge in [0.2, 0.25) is 5.91 Å². The van der Waals surface area contributed by atoms with Crippen molar-refractivity contribution < 1.29 is 37.6 Å². The molecule has 1 saturated heterocycles. The van der Waals surface area contributed by atoms with E-state index >= 15 is 0 Å². The highest BCUT2D eigenvalue weighted by Crippen LogP contribution is 2.27. The number of aromatic nitrogens is 1. The summed E-state index contributed by atoms with van der Waals surface area (Å²) in [6, 6.07) is 11.7. The van der Waals surface area contributed by atoms with Gasteiger partial charge in [-0.1, -0.05) is 12.1 Å². The number of carbonyl (C=O) groups is 3. The number of piperazine rings is 1. The number of carboxylic acid groups (broad SMARTS) is 1. The lowest BCUT2D eigenvalue weighted by Crippen LogP contribution is -3.14. The summed E-state index contributed by atoms with van der Waals surface area (Å²) >= 11 is 0. The summed E-state index contributed by atoms with van der Waals surface area (Å²) in [7, 11) is 0. The number of rotatable bonds is 8. The third-order valence-corrected chi connectivity index (χ3v) is 6.66. The monoisotopic (exact) mass is 522 g/mol. The maximum Gasteiger partial charge on any atom is 0.430 e. The van der Waals surface area contributed by atoms with E-state index in [-0.39, 0.29) is 11.7 Å². The summed E-state index contributed by atoms with van der Waals surface area (Å²) in [6.45, 7) is 8.78. The lowest BCUT2D eigenvalue weighted by Gasteiger charge is -2.32. The molecule has 8 nitrogen and oxygen atoms in total. The fraction of sp³-hybridized carbons (Fsp3) is 0.500. The van der Waals surface area contributed by atoms with E-state index in [0.29, 0.717) is 24.9 Å². The Kier molecular flexibility index (Phi) is 10.3. The van der Waals surface area contributed by atoms with Crippen molar-refractivity contribution in [3.05, 3.63) is 54.4 Å². The number of nitrogens with zero attached hydrogens (tertiary/aromatic N) is 3. The van der Waals surface area contributed by atoms with Gasteiger partial charge in [-0.3, -0.25) is 14.5 Å². The highest BCUT2D eigenvalue weighted by atomic mass is 19.4. The van der Waals surface area contributed by atoms with Gasteiger partial charge in [-0.25, -0.2) is 0 Å². The number of quaternary nitrogens is 1. The fourth-order valence-corrected chi connectivity index (χ4v) is 4.58. The predicted molar refractivity (Wildman–Crippen MR) is 129 cm³/mol. The number of nitrogens with one attached hydrogen (secondary N) is 1. The molecule has 4 rings (SSSR count). The van der Waals surface area contributed by atoms with E-state index in [4.69, 9.17) is 9.90 Å². The molecule has 0 spiro atoms. The fourth-order valence-electron chi connectivity index (χ4n) is 4.58. The van der Waals surface area contributed by atoms with Crippen LogP contribution in [0.15, 0.2) is 48.8 Å². The standard InChI is InChI=1S/C24H32N4O2.C2HF3O2/c29-23-9-10-24(30)28(22-8-2-1-7-21(22)23)14-6-5-13-26-16-19-27(20-17-26)18-15-25-11-3-4-12-25;3-2(4,5)1(6)7/h1-4,7-8,11-12H,5-6,9-10,13-20H2;(H,6,7). The highest BCUT2D eigenvalue weighted by Gasteiger charge is 2.29. The SMILES string of the molecule is O=C([O-])C(F)(F)F.O=C1CCC(=O)N(CCCC[NH+]2CCN(CCn3cccc3)CC2)c2ccccc21. The van der Waals surface area contributed by atoms with E-state index in [1.54, 1.807) is 4.90 Å². The van der Waals surface area contributed by atoms with E-state index in [1.807, 2.05) is 29.2 Å². The van der Waals surface area contributed by atoms with Gasteiger partial charge in [0.25, 0.3) is 0 Å². The lowest BCUT2D eigenvalue weighted by molar-refractivity contribution is -0.904. The number of Topliss-reactive ketones (excluding diaryl/α,β-unsaturated/α-hetero) is 1. The van der Waals surface area contributed by atoms with Crippen LogP contribution in [0.5, 0.6) is 0 Å². The second-order valence-electron chi connectivity index (χ2n) is 9.24. The number of carboxylic acids is 1. The largest absolute Gasteiger partial charge is 0.542 e. The van der Waals surface area contributed by atoms with Crippen LogP contribution in [0.2, 0.25) is 0 Å². The Hall–Kier alpha value is -3.18. The minimum atomic E-state index is -5.19. The summed E-state index contributed by atoms with van der Waals surface area (Å²) in [4.78, 5) is 39.7. The van der Waals surface area contributed by atoms with Crippen LogP contribution in [0.1, 0.15) is 36.0 Å². The minimum Gasteiger partial charge on any atom is -0.542 e. The van der Waals surface area contributed by atoms with E-state index in [1.165, 1.54) is 13.1 Å². The number of halogens is 3. The number of alkyl halides is 3. The Morgan fingerprint density at radius 1 is 0.919 bits per heavy atom. The van der Waals surface area contributed by atoms with Gasteiger partial charge in [0.05, 0.1) is 25.3 Å². The van der Waals surface area contributed by atoms with Crippen LogP contribution in [0.25, 0.3) is 0 Å². The summed E-state index contributed by atoms with van der Waals surface area (Å²) in [6.07, 6.45) is 1.80. The van der Waals surface area contributed by atoms with Crippen LogP contribution >= 0.6 is 0 Å². The van der Waals surface area contributed by atoms with Crippen LogP contribution in [-0.2, 0) is 16.1 Å². The molecule has 0 saturated carbocycles. The van der Waals surface area contributed by atoms with Gasteiger partial charge >= 0.3 is 6.18 Å². The molecule has 2 aliphatic rings. The molecule has 0 radical (unpaired) electrons. The van der Waals surface area contributed by atoms with Crippen molar-refractivity contribution in [3.63, 3.8) is 0 Å². The Morgan fingerprint density at radius 3 is 2.22 bits per heavy atom. The van der Waals surface area contributed by atoms with Gasteiger partial charge < -0.3 is 24.3 Å². The molecule has 3 heterocycles. The van der Waals surface area contributed by atoms with Crippen LogP contribution < -0.4 is 14.9 Å². The molecule has 37 heavy (non-hydrogen) atoms. The number of fused-ring (bicyclic) bond motifs is 1. The van der Waals surface area contributed by atoms with E-state index in [9.17, 15) is 22.8 Å². The molecule has 2 aromatic rings. The second kappa shape index (κ2) is 13.4. The van der Waals surface area contributed by atoms with Crippen LogP contribution in [0.3, 0.4) is 0 Å². The van der Waals surface area contributed by atoms with Gasteiger partial charge in [0.1, 0.15) is 5.97 Å². The Labute approximate surface area is 214 Å². The highest BCUT2D eigenvalue weighted by molar-refractivity contribution is 6.10. The second-order valence-corrected chi connectivity index (χ2v) is 9.24. The number of anilines is 1. The van der Waals surface area contributed by atoms with Crippen molar-refractivity contribution in [3.8, 4) is 0 Å². The quantitative estimate of drug-likeness (QED) is 0.518. The summed E-state index contributed by atoms with van der Waals surface area (Å²) in [5, 5.41) is 8.78. The average Bonchev–Trinajstić information content (AvgIpc) is 3.36. The maximum atomic E-state index is 12.6. The average molecular weight is 523 g/mol. The maximum absolute atomic E-state index is 12.6. The van der Waals surface area contributed by atoms with Gasteiger partial charge in [0.15, 0.2) is 5.78 Å². The molecule has 1 N–H and O–H groups in total. The van der Waals surface area contributed by atoms with E-state index < -0.39 is 12.1 Å². The van der Waals surface area contributed by atoms with Gasteiger partial charge in [-0.2, -0.15) is 13.2 Å². The van der Waals surface area contributed by atoms with Gasteiger partial charge in [-0.05, 0) is 37.1 Å². The van der Waals surface area contributed by atoms with Crippen LogP contribution in [-0.4, -0.2) is 79.1 Å². The zero-order valence-electron chi connectivity index (χ0n) is 20.7. The van der Waals surface area contributed by atoms with Gasteiger partial charge in [-0.15, -0.1) is 0 Å². The molecular weight excluding hydrogens is 489 g/mol. The number of para-hydroxylation sites is 1. The first-order chi connectivity index (χ1) is 17.6. The van der Waals surface area contributed by atoms with Crippen molar-refractivity contribution in [2.75, 3.05) is 50.7 Å². The third-order valence-electron chi connectivity index (χ3n) is 6.66. The molecular formula is C26H33F3N4O4. The van der Waals surface area contributed by atoms with E-state index in [2.05, 4.69) is 34.0 Å². The van der Waals surface area contributed by atoms with Crippen molar-refractivity contribution in [2.45, 2.75) is 38.4 Å². The van der Waals surface area contributed by atoms with E-state index in [0.717, 1.165) is 51.3 Å². The topological polar surface area (TPSA) is 90.1 Å². The molecule has 1 fully saturated rings. The van der Waals surface area contributed by atoms with Crippen molar-refractivity contribution in [1.82, 2.24) is 9.47 Å². The molecule has 0 atom stereocenters. The zero-order valence-corrected chi connectivity index (χ0v) is 20.7. The molecule has 0 unspecified atom stereocenters. The van der Waals surface area contributed by atoms with Crippen LogP contribution in [0, 0.1) is 0 Å². The normalized spacial score (nSPS) is 17.1. The molecule has 11 heteroatoms. The molecule has 1 aromatic carbocycles. The smallest absolute Gasteiger partial charge is 0.430 e. The van der Waals surface area contributed by atoms with Crippen molar-refractivity contribution in [2.24, 2.45) is 0 Å². The molecule has 0 bridgehead atoms. The molecule has 1 aromatic heterocycles. The number of hydrogen-bond donors (Lipinski definition) is 1. The number of amides is 1. The first-order valence-corrected chi connectivity index (χ1v) is 12.5. The minimum absolute atomic E-state index is 0.0805. The van der Waals surface area contributed by atoms with Crippen molar-refractivity contribution in [1.29, 1.82) is 0 Å². The number of unbranched alkanes of at least 4 members (excludes halogenated alkanes) is 1. The number of aliphatic carboxylic acids is 1. The first-order valence-electron chi connectivity index (χ1n) is 12.5. The molecule has 2 aliphatic heterocycles. The lowest BCUT2D eigenvalue weighted by atomic mass is 10.1. The summed E-state index contributed by atoms with van der Waals surface area (Å²) in [5.41, 5.74) is 1.50. The number of benzene rings is 1. The van der Waals surface area contributed by atoms with Gasteiger partial charge in [0, 0.05) is 63.5 Å². The van der Waals surface area contributed by atoms with Crippen LogP contribution in [0.4, 0.5) is 18.9 Å². The third kappa shape index (κ3) is 8.71. The summed E-state index contributed by atoms with van der Waals surface area (Å²) < 4.78 is 33.8. The number of ketones is 1. The first kappa shape index (κ1) is 28.4. The Balaban J connectivity index is 0.000000479. The zero-order chi connectivity index (χ0) is 26.8. The molecule has 202 valence electrons. The number of hydrogen-bond acceptors (Lipinski definition) is 5.